The maximum Gasteiger partial charge on any atom is 0.256 e. The molecule has 5 aromatic rings. The third-order valence-electron chi connectivity index (χ3n) is 4.76. The van der Waals surface area contributed by atoms with Crippen molar-refractivity contribution in [3.63, 3.8) is 0 Å². The van der Waals surface area contributed by atoms with Crippen LogP contribution < -0.4 is 5.32 Å². The highest BCUT2D eigenvalue weighted by molar-refractivity contribution is 9.10. The lowest BCUT2D eigenvalue weighted by molar-refractivity contribution is 0.102. The van der Waals surface area contributed by atoms with E-state index in [2.05, 4.69) is 36.4 Å². The molecular formula is C23H15BrN6O. The van der Waals surface area contributed by atoms with E-state index in [-0.39, 0.29) is 5.91 Å². The van der Waals surface area contributed by atoms with Gasteiger partial charge in [-0.2, -0.15) is 9.61 Å². The van der Waals surface area contributed by atoms with Gasteiger partial charge < -0.3 is 5.32 Å². The number of carbonyl (C=O) groups is 1. The zero-order chi connectivity index (χ0) is 21.2. The molecule has 0 spiro atoms. The Hall–Kier alpha value is -3.91. The van der Waals surface area contributed by atoms with Crippen LogP contribution in [0.2, 0.25) is 0 Å². The number of pyridine rings is 1. The van der Waals surface area contributed by atoms with Gasteiger partial charge in [-0.3, -0.25) is 9.78 Å². The largest absolute Gasteiger partial charge is 0.322 e. The predicted molar refractivity (Wildman–Crippen MR) is 122 cm³/mol. The molecule has 8 heteroatoms. The third kappa shape index (κ3) is 3.80. The number of benzene rings is 2. The third-order valence-corrected chi connectivity index (χ3v) is 5.45. The highest BCUT2D eigenvalue weighted by Gasteiger charge is 2.12. The second-order valence-electron chi connectivity index (χ2n) is 6.76. The molecule has 7 nitrogen and oxygen atoms in total. The Morgan fingerprint density at radius 3 is 2.39 bits per heavy atom. The molecule has 0 bridgehead atoms. The Morgan fingerprint density at radius 1 is 0.839 bits per heavy atom. The number of nitrogens with zero attached hydrogens (tertiary/aromatic N) is 5. The number of rotatable bonds is 4. The summed E-state index contributed by atoms with van der Waals surface area (Å²) in [7, 11) is 0. The predicted octanol–water partition coefficient (Wildman–Crippen LogP) is 4.87. The van der Waals surface area contributed by atoms with Crippen LogP contribution in [0.5, 0.6) is 0 Å². The fourth-order valence-corrected chi connectivity index (χ4v) is 3.66. The number of hydrogen-bond acceptors (Lipinski definition) is 5. The summed E-state index contributed by atoms with van der Waals surface area (Å²) >= 11 is 3.41. The molecule has 2 aromatic carbocycles. The Kier molecular flexibility index (Phi) is 4.97. The smallest absolute Gasteiger partial charge is 0.256 e. The summed E-state index contributed by atoms with van der Waals surface area (Å²) in [5.74, 6) is 0.475. The van der Waals surface area contributed by atoms with Gasteiger partial charge in [0.2, 0.25) is 0 Å². The van der Waals surface area contributed by atoms with E-state index in [1.54, 1.807) is 23.0 Å². The first-order valence-electron chi connectivity index (χ1n) is 9.48. The molecule has 5 rings (SSSR count). The summed E-state index contributed by atoms with van der Waals surface area (Å²) in [4.78, 5) is 16.5. The normalized spacial score (nSPS) is 10.9. The summed E-state index contributed by atoms with van der Waals surface area (Å²) in [6.45, 7) is 0. The van der Waals surface area contributed by atoms with Gasteiger partial charge in [-0.1, -0.05) is 24.3 Å². The first-order chi connectivity index (χ1) is 15.2. The second-order valence-corrected chi connectivity index (χ2v) is 7.61. The van der Waals surface area contributed by atoms with Crippen molar-refractivity contribution in [2.75, 3.05) is 5.32 Å². The molecule has 0 aliphatic carbocycles. The summed E-state index contributed by atoms with van der Waals surface area (Å²) in [6.07, 6.45) is 3.42. The lowest BCUT2D eigenvalue weighted by Crippen LogP contribution is -2.12. The minimum atomic E-state index is -0.175. The number of carbonyl (C=O) groups excluding carboxylic acids is 1. The molecule has 3 aromatic heterocycles. The molecule has 0 unspecified atom stereocenters. The number of amides is 1. The van der Waals surface area contributed by atoms with Crippen molar-refractivity contribution >= 4 is 33.2 Å². The molecule has 0 fully saturated rings. The van der Waals surface area contributed by atoms with Crippen molar-refractivity contribution in [1.82, 2.24) is 24.8 Å². The van der Waals surface area contributed by atoms with Crippen LogP contribution in [0.4, 0.5) is 5.69 Å². The number of hydrogen-bond donors (Lipinski definition) is 1. The van der Waals surface area contributed by atoms with Crippen LogP contribution in [0.3, 0.4) is 0 Å². The number of halogens is 1. The van der Waals surface area contributed by atoms with Crippen molar-refractivity contribution in [2.24, 2.45) is 0 Å². The standard InChI is InChI=1S/C23H15BrN6O/c24-19-4-2-1-3-18(19)23(31)26-17-7-5-15(6-8-17)20-9-10-21-27-28-22(30(21)29-20)16-11-13-25-14-12-16/h1-14H,(H,26,31). The summed E-state index contributed by atoms with van der Waals surface area (Å²) in [5.41, 5.74) is 4.51. The van der Waals surface area contributed by atoms with Gasteiger partial charge in [0.25, 0.3) is 5.91 Å². The van der Waals surface area contributed by atoms with E-state index in [9.17, 15) is 4.79 Å². The fourth-order valence-electron chi connectivity index (χ4n) is 3.19. The van der Waals surface area contributed by atoms with Gasteiger partial charge in [0.15, 0.2) is 11.5 Å². The van der Waals surface area contributed by atoms with E-state index in [4.69, 9.17) is 5.10 Å². The number of aromatic nitrogens is 5. The van der Waals surface area contributed by atoms with Crippen molar-refractivity contribution in [2.45, 2.75) is 0 Å². The van der Waals surface area contributed by atoms with Gasteiger partial charge in [0, 0.05) is 33.7 Å². The summed E-state index contributed by atoms with van der Waals surface area (Å²) in [5, 5.41) is 16.1. The van der Waals surface area contributed by atoms with E-state index >= 15 is 0 Å². The zero-order valence-corrected chi connectivity index (χ0v) is 17.7. The number of fused-ring (bicyclic) bond motifs is 1. The van der Waals surface area contributed by atoms with Crippen LogP contribution in [0.15, 0.2) is 89.7 Å². The van der Waals surface area contributed by atoms with Crippen LogP contribution in [0, 0.1) is 0 Å². The van der Waals surface area contributed by atoms with Gasteiger partial charge in [-0.15, -0.1) is 10.2 Å². The van der Waals surface area contributed by atoms with Crippen LogP contribution >= 0.6 is 15.9 Å². The summed E-state index contributed by atoms with van der Waals surface area (Å²) < 4.78 is 2.47. The lowest BCUT2D eigenvalue weighted by atomic mass is 10.1. The quantitative estimate of drug-likeness (QED) is 0.405. The van der Waals surface area contributed by atoms with Crippen molar-refractivity contribution in [3.8, 4) is 22.6 Å². The molecule has 31 heavy (non-hydrogen) atoms. The minimum absolute atomic E-state index is 0.175. The minimum Gasteiger partial charge on any atom is -0.322 e. The molecule has 0 radical (unpaired) electrons. The maximum atomic E-state index is 12.5. The number of anilines is 1. The molecule has 0 saturated carbocycles. The molecular weight excluding hydrogens is 456 g/mol. The lowest BCUT2D eigenvalue weighted by Gasteiger charge is -2.08. The Labute approximate surface area is 185 Å². The molecule has 0 saturated heterocycles. The zero-order valence-electron chi connectivity index (χ0n) is 16.1. The van der Waals surface area contributed by atoms with Gasteiger partial charge in [0.1, 0.15) is 0 Å². The molecule has 0 aliphatic rings. The summed E-state index contributed by atoms with van der Waals surface area (Å²) in [6, 6.07) is 22.4. The van der Waals surface area contributed by atoms with E-state index in [0.717, 1.165) is 21.3 Å². The second kappa shape index (κ2) is 8.08. The average molecular weight is 471 g/mol. The van der Waals surface area contributed by atoms with Crippen LogP contribution in [0.1, 0.15) is 10.4 Å². The average Bonchev–Trinajstić information content (AvgIpc) is 3.24. The van der Waals surface area contributed by atoms with Crippen molar-refractivity contribution in [1.29, 1.82) is 0 Å². The SMILES string of the molecule is O=C(Nc1ccc(-c2ccc3nnc(-c4ccncc4)n3n2)cc1)c1ccccc1Br. The van der Waals surface area contributed by atoms with Crippen LogP contribution in [0.25, 0.3) is 28.3 Å². The first kappa shape index (κ1) is 19.1. The Bertz CT molecular complexity index is 1380. The Morgan fingerprint density at radius 2 is 1.61 bits per heavy atom. The topological polar surface area (TPSA) is 85.1 Å². The number of nitrogens with one attached hydrogen (secondary N) is 1. The van der Waals surface area contributed by atoms with Crippen LogP contribution in [-0.2, 0) is 0 Å². The van der Waals surface area contributed by atoms with E-state index in [1.807, 2.05) is 66.7 Å². The van der Waals surface area contributed by atoms with Gasteiger partial charge in [-0.05, 0) is 64.5 Å². The first-order valence-corrected chi connectivity index (χ1v) is 10.3. The van der Waals surface area contributed by atoms with Crippen molar-refractivity contribution < 1.29 is 4.79 Å². The van der Waals surface area contributed by atoms with Crippen molar-refractivity contribution in [3.05, 3.63) is 95.2 Å². The van der Waals surface area contributed by atoms with E-state index < -0.39 is 0 Å². The monoisotopic (exact) mass is 470 g/mol. The maximum absolute atomic E-state index is 12.5. The van der Waals surface area contributed by atoms with E-state index in [1.165, 1.54) is 0 Å². The molecule has 150 valence electrons. The molecule has 1 amide bonds. The van der Waals surface area contributed by atoms with E-state index in [0.29, 0.717) is 22.7 Å². The Balaban J connectivity index is 1.42. The highest BCUT2D eigenvalue weighted by atomic mass is 79.9. The molecule has 3 heterocycles. The molecule has 0 atom stereocenters. The molecule has 1 N–H and O–H groups in total. The van der Waals surface area contributed by atoms with Gasteiger partial charge in [-0.25, -0.2) is 0 Å². The molecule has 0 aliphatic heterocycles. The highest BCUT2D eigenvalue weighted by Crippen LogP contribution is 2.23. The van der Waals surface area contributed by atoms with Gasteiger partial charge in [0.05, 0.1) is 11.3 Å². The fraction of sp³-hybridized carbons (Fsp3) is 0. The van der Waals surface area contributed by atoms with Crippen LogP contribution in [-0.4, -0.2) is 30.7 Å². The van der Waals surface area contributed by atoms with Gasteiger partial charge >= 0.3 is 0 Å².